The number of aromatic nitrogens is 2. The summed E-state index contributed by atoms with van der Waals surface area (Å²) >= 11 is 0. The molecule has 0 bridgehead atoms. The fourth-order valence-electron chi connectivity index (χ4n) is 4.18. The average molecular weight is 449 g/mol. The van der Waals surface area contributed by atoms with E-state index in [0.717, 1.165) is 0 Å². The SMILES string of the molecule is O=C1C(=O)N(CCCn2ccnc2)C(c2cccc(F)c2)C1=C(O)c1ccc2c(c1)OCO2. The number of fused-ring (bicyclic) bond motifs is 1. The van der Waals surface area contributed by atoms with Crippen molar-refractivity contribution in [2.24, 2.45) is 0 Å². The number of amides is 1. The van der Waals surface area contributed by atoms with Crippen molar-refractivity contribution in [3.05, 3.63) is 83.7 Å². The largest absolute Gasteiger partial charge is 0.507 e. The number of nitrogens with zero attached hydrogens (tertiary/aromatic N) is 3. The van der Waals surface area contributed by atoms with E-state index in [-0.39, 0.29) is 24.7 Å². The minimum Gasteiger partial charge on any atom is -0.507 e. The Labute approximate surface area is 188 Å². The topological polar surface area (TPSA) is 93.9 Å². The summed E-state index contributed by atoms with van der Waals surface area (Å²) in [5.74, 6) is -1.46. The lowest BCUT2D eigenvalue weighted by molar-refractivity contribution is -0.139. The number of hydrogen-bond donors (Lipinski definition) is 1. The van der Waals surface area contributed by atoms with Gasteiger partial charge in [-0.3, -0.25) is 9.59 Å². The summed E-state index contributed by atoms with van der Waals surface area (Å²) < 4.78 is 26.6. The number of likely N-dealkylation sites (tertiary alicyclic amines) is 1. The van der Waals surface area contributed by atoms with Crippen LogP contribution in [-0.2, 0) is 16.1 Å². The molecule has 1 fully saturated rings. The molecule has 8 nitrogen and oxygen atoms in total. The predicted molar refractivity (Wildman–Crippen MR) is 115 cm³/mol. The lowest BCUT2D eigenvalue weighted by Crippen LogP contribution is -2.31. The van der Waals surface area contributed by atoms with Gasteiger partial charge in [-0.1, -0.05) is 12.1 Å². The first-order chi connectivity index (χ1) is 16.0. The monoisotopic (exact) mass is 449 g/mol. The molecule has 1 amide bonds. The van der Waals surface area contributed by atoms with E-state index in [0.29, 0.717) is 35.6 Å². The second-order valence-corrected chi connectivity index (χ2v) is 7.77. The molecule has 0 radical (unpaired) electrons. The van der Waals surface area contributed by atoms with Gasteiger partial charge in [-0.05, 0) is 42.3 Å². The Bertz CT molecular complexity index is 1250. The normalized spacial score (nSPS) is 18.8. The van der Waals surface area contributed by atoms with E-state index in [1.807, 2.05) is 4.57 Å². The number of aryl methyl sites for hydroxylation is 1. The summed E-state index contributed by atoms with van der Waals surface area (Å²) in [4.78, 5) is 31.4. The molecule has 2 aromatic carbocycles. The van der Waals surface area contributed by atoms with Crippen LogP contribution in [0.2, 0.25) is 0 Å². The zero-order valence-corrected chi connectivity index (χ0v) is 17.5. The predicted octanol–water partition coefficient (Wildman–Crippen LogP) is 3.26. The highest BCUT2D eigenvalue weighted by Crippen LogP contribution is 2.41. The summed E-state index contributed by atoms with van der Waals surface area (Å²) in [5, 5.41) is 11.1. The van der Waals surface area contributed by atoms with E-state index in [4.69, 9.17) is 9.47 Å². The minimum absolute atomic E-state index is 0.0597. The number of rotatable bonds is 6. The fraction of sp³-hybridized carbons (Fsp3) is 0.208. The lowest BCUT2D eigenvalue weighted by atomic mass is 9.95. The molecule has 168 valence electrons. The standard InChI is InChI=1S/C24H20FN3O5/c25-17-4-1-3-15(11-17)21-20(22(29)16-5-6-18-19(12-16)33-14-32-18)23(30)24(31)28(21)9-2-8-27-10-7-26-13-27/h1,3-7,10-13,21,29H,2,8-9,14H2. The van der Waals surface area contributed by atoms with Crippen LogP contribution in [0.25, 0.3) is 5.76 Å². The van der Waals surface area contributed by atoms with Gasteiger partial charge in [-0.25, -0.2) is 9.37 Å². The van der Waals surface area contributed by atoms with Crippen molar-refractivity contribution in [3.63, 3.8) is 0 Å². The van der Waals surface area contributed by atoms with Crippen LogP contribution >= 0.6 is 0 Å². The Kier molecular flexibility index (Phi) is 5.29. The van der Waals surface area contributed by atoms with Crippen LogP contribution in [0, 0.1) is 5.82 Å². The number of hydrogen-bond acceptors (Lipinski definition) is 6. The van der Waals surface area contributed by atoms with Crippen LogP contribution in [0.1, 0.15) is 23.6 Å². The average Bonchev–Trinajstić information content (AvgIpc) is 3.55. The van der Waals surface area contributed by atoms with Gasteiger partial charge in [0, 0.05) is 31.0 Å². The summed E-state index contributed by atoms with van der Waals surface area (Å²) in [5.41, 5.74) is 0.614. The third-order valence-corrected chi connectivity index (χ3v) is 5.72. The molecule has 0 saturated carbocycles. The van der Waals surface area contributed by atoms with E-state index < -0.39 is 23.5 Å². The first-order valence-electron chi connectivity index (χ1n) is 10.4. The molecule has 0 spiro atoms. The Morgan fingerprint density at radius 1 is 1.12 bits per heavy atom. The third-order valence-electron chi connectivity index (χ3n) is 5.72. The number of ketones is 1. The fourth-order valence-corrected chi connectivity index (χ4v) is 4.18. The van der Waals surface area contributed by atoms with Gasteiger partial charge in [0.15, 0.2) is 11.5 Å². The number of aliphatic hydroxyl groups excluding tert-OH is 1. The molecule has 1 saturated heterocycles. The highest BCUT2D eigenvalue weighted by atomic mass is 19.1. The summed E-state index contributed by atoms with van der Waals surface area (Å²) in [6.45, 7) is 0.882. The zero-order chi connectivity index (χ0) is 22.9. The van der Waals surface area contributed by atoms with Crippen molar-refractivity contribution in [1.82, 2.24) is 14.5 Å². The molecule has 2 aliphatic heterocycles. The third kappa shape index (κ3) is 3.82. The van der Waals surface area contributed by atoms with Crippen LogP contribution < -0.4 is 9.47 Å². The van der Waals surface area contributed by atoms with Crippen molar-refractivity contribution < 1.29 is 28.6 Å². The van der Waals surface area contributed by atoms with Crippen molar-refractivity contribution in [2.45, 2.75) is 19.0 Å². The summed E-state index contributed by atoms with van der Waals surface area (Å²) in [6.07, 6.45) is 5.67. The molecule has 33 heavy (non-hydrogen) atoms. The van der Waals surface area contributed by atoms with Crippen molar-refractivity contribution >= 4 is 17.4 Å². The van der Waals surface area contributed by atoms with Crippen molar-refractivity contribution in [3.8, 4) is 11.5 Å². The molecule has 3 heterocycles. The van der Waals surface area contributed by atoms with E-state index >= 15 is 0 Å². The van der Waals surface area contributed by atoms with Crippen LogP contribution in [0.3, 0.4) is 0 Å². The molecule has 2 aliphatic rings. The second-order valence-electron chi connectivity index (χ2n) is 7.77. The number of halogens is 1. The number of Topliss-reactive ketones (excluding diaryl/α,β-unsaturated/α-hetero) is 1. The molecule has 1 N–H and O–H groups in total. The highest BCUT2D eigenvalue weighted by Gasteiger charge is 2.46. The summed E-state index contributed by atoms with van der Waals surface area (Å²) in [6, 6.07) is 9.53. The van der Waals surface area contributed by atoms with E-state index in [2.05, 4.69) is 4.98 Å². The Balaban J connectivity index is 1.54. The van der Waals surface area contributed by atoms with Gasteiger partial charge in [0.05, 0.1) is 17.9 Å². The van der Waals surface area contributed by atoms with Gasteiger partial charge < -0.3 is 24.0 Å². The van der Waals surface area contributed by atoms with Gasteiger partial charge in [0.25, 0.3) is 11.7 Å². The molecule has 1 atom stereocenters. The van der Waals surface area contributed by atoms with E-state index in [9.17, 15) is 19.1 Å². The molecule has 5 rings (SSSR count). The maximum absolute atomic E-state index is 14.1. The Hall–Kier alpha value is -4.14. The molecule has 1 aromatic heterocycles. The second kappa shape index (κ2) is 8.42. The van der Waals surface area contributed by atoms with Crippen LogP contribution in [0.5, 0.6) is 11.5 Å². The zero-order valence-electron chi connectivity index (χ0n) is 17.5. The molecule has 9 heteroatoms. The quantitative estimate of drug-likeness (QED) is 0.353. The van der Waals surface area contributed by atoms with Crippen LogP contribution in [0.15, 0.2) is 66.8 Å². The lowest BCUT2D eigenvalue weighted by Gasteiger charge is -2.25. The number of carbonyl (C=O) groups excluding carboxylic acids is 2. The van der Waals surface area contributed by atoms with Gasteiger partial charge in [-0.15, -0.1) is 0 Å². The molecule has 3 aromatic rings. The summed E-state index contributed by atoms with van der Waals surface area (Å²) in [7, 11) is 0. The molecule has 0 aliphatic carbocycles. The van der Waals surface area contributed by atoms with Gasteiger partial charge in [0.1, 0.15) is 11.6 Å². The maximum atomic E-state index is 14.1. The maximum Gasteiger partial charge on any atom is 0.295 e. The number of imidazole rings is 1. The Morgan fingerprint density at radius 3 is 2.76 bits per heavy atom. The number of benzene rings is 2. The van der Waals surface area contributed by atoms with E-state index in [1.54, 1.807) is 43.0 Å². The highest BCUT2D eigenvalue weighted by molar-refractivity contribution is 6.46. The van der Waals surface area contributed by atoms with Crippen molar-refractivity contribution in [1.29, 1.82) is 0 Å². The first-order valence-corrected chi connectivity index (χ1v) is 10.4. The Morgan fingerprint density at radius 2 is 1.97 bits per heavy atom. The van der Waals surface area contributed by atoms with Crippen LogP contribution in [0.4, 0.5) is 4.39 Å². The van der Waals surface area contributed by atoms with E-state index in [1.165, 1.54) is 23.1 Å². The number of aliphatic hydroxyl groups is 1. The van der Waals surface area contributed by atoms with Crippen molar-refractivity contribution in [2.75, 3.05) is 13.3 Å². The minimum atomic E-state index is -0.922. The van der Waals surface area contributed by atoms with Gasteiger partial charge in [0.2, 0.25) is 6.79 Å². The molecular weight excluding hydrogens is 429 g/mol. The van der Waals surface area contributed by atoms with Crippen LogP contribution in [-0.4, -0.2) is 44.6 Å². The molecule has 1 unspecified atom stereocenters. The molecular formula is C24H20FN3O5. The number of carbonyl (C=O) groups is 2. The first kappa shape index (κ1) is 20.7. The van der Waals surface area contributed by atoms with Gasteiger partial charge in [-0.2, -0.15) is 0 Å². The number of ether oxygens (including phenoxy) is 2. The van der Waals surface area contributed by atoms with Gasteiger partial charge >= 0.3 is 0 Å². The smallest absolute Gasteiger partial charge is 0.295 e.